The van der Waals surface area contributed by atoms with Crippen LogP contribution in [0.4, 0.5) is 0 Å². The number of sulfonamides is 1. The zero-order chi connectivity index (χ0) is 19.5. The van der Waals surface area contributed by atoms with Crippen LogP contribution in [0.3, 0.4) is 0 Å². The minimum atomic E-state index is -3.73. The number of rotatable bonds is 7. The van der Waals surface area contributed by atoms with E-state index in [1.54, 1.807) is 31.2 Å². The molecule has 1 saturated carbocycles. The van der Waals surface area contributed by atoms with E-state index < -0.39 is 16.1 Å². The number of hydrogen-bond donors (Lipinski definition) is 2. The minimum absolute atomic E-state index is 0.0352. The first-order chi connectivity index (χ1) is 12.8. The zero-order valence-corrected chi connectivity index (χ0v) is 16.6. The molecule has 1 aliphatic carbocycles. The summed E-state index contributed by atoms with van der Waals surface area (Å²) in [7, 11) is -3.73. The Kier molecular flexibility index (Phi) is 5.67. The number of carbonyl (C=O) groups excluding carboxylic acids is 1. The lowest BCUT2D eigenvalue weighted by Gasteiger charge is -2.42. The van der Waals surface area contributed by atoms with E-state index in [2.05, 4.69) is 22.2 Å². The second kappa shape index (κ2) is 7.82. The molecule has 6 heteroatoms. The summed E-state index contributed by atoms with van der Waals surface area (Å²) in [6.45, 7) is 3.98. The highest BCUT2D eigenvalue weighted by Gasteiger charge is 2.39. The van der Waals surface area contributed by atoms with Crippen molar-refractivity contribution in [3.05, 3.63) is 65.7 Å². The Labute approximate surface area is 161 Å². The third-order valence-electron chi connectivity index (χ3n) is 5.35. The van der Waals surface area contributed by atoms with Crippen LogP contribution in [0.5, 0.6) is 0 Å². The number of amides is 1. The fraction of sp³-hybridized carbons (Fsp3) is 0.381. The van der Waals surface area contributed by atoms with Crippen LogP contribution in [0.2, 0.25) is 0 Å². The maximum absolute atomic E-state index is 12.5. The van der Waals surface area contributed by atoms with E-state index in [4.69, 9.17) is 0 Å². The summed E-state index contributed by atoms with van der Waals surface area (Å²) in [6, 6.07) is 15.9. The topological polar surface area (TPSA) is 75.3 Å². The van der Waals surface area contributed by atoms with Gasteiger partial charge in [-0.15, -0.1) is 0 Å². The van der Waals surface area contributed by atoms with Crippen molar-refractivity contribution in [3.63, 3.8) is 0 Å². The van der Waals surface area contributed by atoms with Gasteiger partial charge in [0.2, 0.25) is 15.9 Å². The van der Waals surface area contributed by atoms with Crippen LogP contribution in [0.25, 0.3) is 0 Å². The summed E-state index contributed by atoms with van der Waals surface area (Å²) in [5.41, 5.74) is 2.17. The van der Waals surface area contributed by atoms with Crippen molar-refractivity contribution in [1.29, 1.82) is 0 Å². The number of aryl methyl sites for hydroxylation is 1. The summed E-state index contributed by atoms with van der Waals surface area (Å²) in [5, 5.41) is 2.94. The first kappa shape index (κ1) is 19.6. The van der Waals surface area contributed by atoms with Crippen molar-refractivity contribution >= 4 is 15.9 Å². The van der Waals surface area contributed by atoms with Crippen molar-refractivity contribution in [2.75, 3.05) is 6.54 Å². The molecule has 1 amide bonds. The largest absolute Gasteiger partial charge is 0.354 e. The molecule has 0 spiro atoms. The standard InChI is InChI=1S/C21H26N2O3S/c1-16-9-11-19(12-10-16)27(25,26)23-17(2)20(24)22-15-21(13-6-14-21)18-7-4-3-5-8-18/h3-5,7-12,17,23H,6,13-15H2,1-2H3,(H,22,24)/t17-/m0/s1. The molecule has 2 aromatic carbocycles. The predicted octanol–water partition coefficient (Wildman–Crippen LogP) is 2.90. The van der Waals surface area contributed by atoms with E-state index in [1.807, 2.05) is 25.1 Å². The maximum Gasteiger partial charge on any atom is 0.241 e. The second-order valence-corrected chi connectivity index (χ2v) is 9.09. The lowest BCUT2D eigenvalue weighted by molar-refractivity contribution is -0.122. The highest BCUT2D eigenvalue weighted by Crippen LogP contribution is 2.43. The van der Waals surface area contributed by atoms with Gasteiger partial charge in [0.05, 0.1) is 10.9 Å². The van der Waals surface area contributed by atoms with Crippen LogP contribution >= 0.6 is 0 Å². The van der Waals surface area contributed by atoms with Gasteiger partial charge in [0, 0.05) is 12.0 Å². The van der Waals surface area contributed by atoms with Gasteiger partial charge in [-0.25, -0.2) is 8.42 Å². The maximum atomic E-state index is 12.5. The van der Waals surface area contributed by atoms with Crippen molar-refractivity contribution in [2.45, 2.75) is 49.5 Å². The van der Waals surface area contributed by atoms with Gasteiger partial charge in [-0.2, -0.15) is 4.72 Å². The van der Waals surface area contributed by atoms with Gasteiger partial charge in [0.25, 0.3) is 0 Å². The average molecular weight is 387 g/mol. The number of carbonyl (C=O) groups is 1. The van der Waals surface area contributed by atoms with Crippen LogP contribution in [0, 0.1) is 6.92 Å². The van der Waals surface area contributed by atoms with E-state index >= 15 is 0 Å². The number of nitrogens with one attached hydrogen (secondary N) is 2. The molecule has 0 aliphatic heterocycles. The van der Waals surface area contributed by atoms with Gasteiger partial charge in [-0.05, 0) is 44.4 Å². The first-order valence-electron chi connectivity index (χ1n) is 9.25. The lowest BCUT2D eigenvalue weighted by atomic mass is 9.64. The van der Waals surface area contributed by atoms with Gasteiger partial charge < -0.3 is 5.32 Å². The first-order valence-corrected chi connectivity index (χ1v) is 10.7. The van der Waals surface area contributed by atoms with E-state index in [0.29, 0.717) is 6.54 Å². The van der Waals surface area contributed by atoms with E-state index in [-0.39, 0.29) is 16.2 Å². The van der Waals surface area contributed by atoms with Crippen LogP contribution < -0.4 is 10.0 Å². The molecule has 1 atom stereocenters. The monoisotopic (exact) mass is 386 g/mol. The van der Waals surface area contributed by atoms with Crippen LogP contribution in [-0.2, 0) is 20.2 Å². The highest BCUT2D eigenvalue weighted by atomic mass is 32.2. The minimum Gasteiger partial charge on any atom is -0.354 e. The molecule has 0 heterocycles. The van der Waals surface area contributed by atoms with E-state index in [0.717, 1.165) is 24.8 Å². The third-order valence-corrected chi connectivity index (χ3v) is 6.91. The van der Waals surface area contributed by atoms with Crippen LogP contribution in [-0.4, -0.2) is 26.9 Å². The summed E-state index contributed by atoms with van der Waals surface area (Å²) in [5.74, 6) is -0.312. The molecule has 0 saturated heterocycles. The number of hydrogen-bond acceptors (Lipinski definition) is 3. The fourth-order valence-corrected chi connectivity index (χ4v) is 4.65. The zero-order valence-electron chi connectivity index (χ0n) is 15.7. The molecular weight excluding hydrogens is 360 g/mol. The quantitative estimate of drug-likeness (QED) is 0.768. The molecule has 0 bridgehead atoms. The molecule has 2 N–H and O–H groups in total. The summed E-state index contributed by atoms with van der Waals surface area (Å²) in [6.07, 6.45) is 3.20. The molecule has 0 unspecified atom stereocenters. The second-order valence-electron chi connectivity index (χ2n) is 7.37. The van der Waals surface area contributed by atoms with Gasteiger partial charge in [-0.1, -0.05) is 54.4 Å². The lowest BCUT2D eigenvalue weighted by Crippen LogP contribution is -2.50. The molecule has 27 heavy (non-hydrogen) atoms. The Bertz CT molecular complexity index is 889. The van der Waals surface area contributed by atoms with Crippen LogP contribution in [0.15, 0.2) is 59.5 Å². The Morgan fingerprint density at radius 2 is 1.70 bits per heavy atom. The molecule has 3 rings (SSSR count). The van der Waals surface area contributed by atoms with Crippen molar-refractivity contribution in [1.82, 2.24) is 10.0 Å². The molecule has 1 aliphatic rings. The summed E-state index contributed by atoms with van der Waals surface area (Å²) >= 11 is 0. The molecule has 5 nitrogen and oxygen atoms in total. The van der Waals surface area contributed by atoms with Crippen molar-refractivity contribution < 1.29 is 13.2 Å². The Balaban J connectivity index is 1.61. The molecular formula is C21H26N2O3S. The smallest absolute Gasteiger partial charge is 0.241 e. The highest BCUT2D eigenvalue weighted by molar-refractivity contribution is 7.89. The predicted molar refractivity (Wildman–Crippen MR) is 106 cm³/mol. The molecule has 1 fully saturated rings. The Hall–Kier alpha value is -2.18. The Morgan fingerprint density at radius 1 is 1.07 bits per heavy atom. The summed E-state index contributed by atoms with van der Waals surface area (Å²) in [4.78, 5) is 12.6. The third kappa shape index (κ3) is 4.39. The summed E-state index contributed by atoms with van der Waals surface area (Å²) < 4.78 is 27.4. The normalized spacial score (nSPS) is 17.0. The van der Waals surface area contributed by atoms with E-state index in [1.165, 1.54) is 5.56 Å². The van der Waals surface area contributed by atoms with Gasteiger partial charge in [0.1, 0.15) is 0 Å². The van der Waals surface area contributed by atoms with Crippen molar-refractivity contribution in [2.24, 2.45) is 0 Å². The number of benzene rings is 2. The fourth-order valence-electron chi connectivity index (χ4n) is 3.44. The van der Waals surface area contributed by atoms with Gasteiger partial charge >= 0.3 is 0 Å². The molecule has 0 aromatic heterocycles. The van der Waals surface area contributed by atoms with E-state index in [9.17, 15) is 13.2 Å². The van der Waals surface area contributed by atoms with Crippen LogP contribution in [0.1, 0.15) is 37.3 Å². The Morgan fingerprint density at radius 3 is 2.26 bits per heavy atom. The average Bonchev–Trinajstić information content (AvgIpc) is 2.61. The van der Waals surface area contributed by atoms with Gasteiger partial charge in [-0.3, -0.25) is 4.79 Å². The molecule has 144 valence electrons. The van der Waals surface area contributed by atoms with Gasteiger partial charge in [0.15, 0.2) is 0 Å². The van der Waals surface area contributed by atoms with Crippen molar-refractivity contribution in [3.8, 4) is 0 Å². The molecule has 2 aromatic rings. The molecule has 0 radical (unpaired) electrons. The SMILES string of the molecule is Cc1ccc(S(=O)(=O)N[C@@H](C)C(=O)NCC2(c3ccccc3)CCC2)cc1.